The van der Waals surface area contributed by atoms with Crippen LogP contribution in [0.4, 0.5) is 13.2 Å². The maximum absolute atomic E-state index is 12.6. The maximum atomic E-state index is 12.6. The van der Waals surface area contributed by atoms with Gasteiger partial charge in [-0.15, -0.1) is 0 Å². The Morgan fingerprint density at radius 3 is 2.46 bits per heavy atom. The second kappa shape index (κ2) is 8.87. The number of sulfone groups is 1. The first-order valence-corrected chi connectivity index (χ1v) is 14.3. The molecule has 6 rings (SSSR count). The Labute approximate surface area is 204 Å². The van der Waals surface area contributed by atoms with Crippen molar-refractivity contribution >= 4 is 9.84 Å². The molecule has 4 heterocycles. The maximum Gasteiger partial charge on any atom is 0.417 e. The highest BCUT2D eigenvalue weighted by atomic mass is 32.2. The van der Waals surface area contributed by atoms with E-state index < -0.39 is 21.6 Å². The third-order valence-corrected chi connectivity index (χ3v) is 10.0. The van der Waals surface area contributed by atoms with Crippen LogP contribution in [0.5, 0.6) is 0 Å². The van der Waals surface area contributed by atoms with Crippen LogP contribution < -0.4 is 0 Å². The molecule has 0 bridgehead atoms. The lowest BCUT2D eigenvalue weighted by Gasteiger charge is -2.27. The minimum atomic E-state index is -4.39. The number of hydrogen-bond donors (Lipinski definition) is 0. The fraction of sp³-hybridized carbons (Fsp3) is 0.680. The smallest absolute Gasteiger partial charge is 0.300 e. The fourth-order valence-corrected chi connectivity index (χ4v) is 8.28. The van der Waals surface area contributed by atoms with Crippen LogP contribution in [0.25, 0.3) is 11.3 Å². The summed E-state index contributed by atoms with van der Waals surface area (Å²) in [5.41, 5.74) is 0.233. The predicted octanol–water partition coefficient (Wildman–Crippen LogP) is 4.84. The Morgan fingerprint density at radius 1 is 1.11 bits per heavy atom. The molecule has 2 saturated carbocycles. The van der Waals surface area contributed by atoms with Gasteiger partial charge >= 0.3 is 6.18 Å². The number of likely N-dealkylation sites (tertiary alicyclic amines) is 1. The number of nitrogens with zero attached hydrogens (tertiary/aromatic N) is 4. The lowest BCUT2D eigenvalue weighted by Crippen LogP contribution is -2.35. The molecule has 35 heavy (non-hydrogen) atoms. The van der Waals surface area contributed by atoms with Gasteiger partial charge in [-0.3, -0.25) is 14.6 Å². The van der Waals surface area contributed by atoms with Crippen LogP contribution in [-0.2, 0) is 16.0 Å². The number of pyridine rings is 1. The SMILES string of the molecule is CC(C)n1ccc(-c2cncc(C(F)(F)F)c2)n1.O=S1(=O)CCC2(CCN(C3C[C@@H]4C[C@@H]4C3)C2)C1. The van der Waals surface area contributed by atoms with Gasteiger partial charge in [0.25, 0.3) is 0 Å². The van der Waals surface area contributed by atoms with Crippen LogP contribution in [-0.4, -0.2) is 58.7 Å². The molecule has 10 heteroatoms. The van der Waals surface area contributed by atoms with Gasteiger partial charge in [-0.05, 0) is 81.9 Å². The minimum absolute atomic E-state index is 0.144. The van der Waals surface area contributed by atoms with Gasteiger partial charge in [0.2, 0.25) is 0 Å². The second-order valence-electron chi connectivity index (χ2n) is 11.2. The molecule has 0 radical (unpaired) electrons. The molecule has 2 unspecified atom stereocenters. The van der Waals surface area contributed by atoms with Gasteiger partial charge in [0, 0.05) is 42.8 Å². The summed E-state index contributed by atoms with van der Waals surface area (Å²) in [5.74, 6) is 2.97. The third kappa shape index (κ3) is 5.43. The van der Waals surface area contributed by atoms with E-state index in [0.717, 1.165) is 56.1 Å². The number of rotatable bonds is 3. The summed E-state index contributed by atoms with van der Waals surface area (Å²) in [4.78, 5) is 6.23. The number of fused-ring (bicyclic) bond motifs is 1. The van der Waals surface area contributed by atoms with Crippen molar-refractivity contribution in [2.45, 2.75) is 64.2 Å². The molecule has 2 aromatic rings. The monoisotopic (exact) mass is 510 g/mol. The molecule has 2 aromatic heterocycles. The standard InChI is InChI=1S/C13H21NO2S.C12H12F3N3/c15-17(16)4-2-13(9-17)1-3-14(8-13)12-6-10-5-11(10)7-12;1-8(2)18-4-3-11(17-18)9-5-10(7-16-6-9)12(13,14)15/h10-12H,1-9H2;3-8H,1-2H3/t10-,11+,12?,13?;. The first kappa shape index (κ1) is 24.7. The molecule has 1 spiro atoms. The molecule has 0 amide bonds. The summed E-state index contributed by atoms with van der Waals surface area (Å²) >= 11 is 0. The number of aromatic nitrogens is 3. The lowest BCUT2D eigenvalue weighted by atomic mass is 9.87. The highest BCUT2D eigenvalue weighted by molar-refractivity contribution is 7.91. The van der Waals surface area contributed by atoms with Gasteiger partial charge in [0.1, 0.15) is 0 Å². The first-order chi connectivity index (χ1) is 16.4. The molecular weight excluding hydrogens is 477 g/mol. The Hall–Kier alpha value is -1.94. The average molecular weight is 511 g/mol. The predicted molar refractivity (Wildman–Crippen MR) is 127 cm³/mol. The molecule has 0 aromatic carbocycles. The molecule has 6 nitrogen and oxygen atoms in total. The molecule has 4 fully saturated rings. The van der Waals surface area contributed by atoms with Crippen molar-refractivity contribution < 1.29 is 21.6 Å². The first-order valence-electron chi connectivity index (χ1n) is 12.5. The van der Waals surface area contributed by atoms with Gasteiger partial charge in [-0.1, -0.05) is 0 Å². The van der Waals surface area contributed by atoms with E-state index in [9.17, 15) is 21.6 Å². The summed E-state index contributed by atoms with van der Waals surface area (Å²) in [5, 5.41) is 4.21. The van der Waals surface area contributed by atoms with E-state index in [0.29, 0.717) is 22.8 Å². The van der Waals surface area contributed by atoms with E-state index in [-0.39, 0.29) is 11.5 Å². The van der Waals surface area contributed by atoms with Crippen LogP contribution in [0.3, 0.4) is 0 Å². The largest absolute Gasteiger partial charge is 0.417 e. The second-order valence-corrected chi connectivity index (χ2v) is 13.4. The summed E-state index contributed by atoms with van der Waals surface area (Å²) in [6, 6.07) is 3.69. The molecule has 192 valence electrons. The van der Waals surface area contributed by atoms with Crippen molar-refractivity contribution in [3.8, 4) is 11.3 Å². The van der Waals surface area contributed by atoms with Crippen molar-refractivity contribution in [1.29, 1.82) is 0 Å². The molecule has 2 saturated heterocycles. The van der Waals surface area contributed by atoms with E-state index in [1.165, 1.54) is 25.5 Å². The highest BCUT2D eigenvalue weighted by Crippen LogP contribution is 2.54. The van der Waals surface area contributed by atoms with Crippen LogP contribution in [0.1, 0.15) is 57.6 Å². The van der Waals surface area contributed by atoms with E-state index in [1.54, 1.807) is 16.9 Å². The van der Waals surface area contributed by atoms with E-state index in [2.05, 4.69) is 15.0 Å². The summed E-state index contributed by atoms with van der Waals surface area (Å²) < 4.78 is 62.7. The van der Waals surface area contributed by atoms with Crippen molar-refractivity contribution in [2.75, 3.05) is 24.6 Å². The van der Waals surface area contributed by atoms with E-state index >= 15 is 0 Å². The van der Waals surface area contributed by atoms with Gasteiger partial charge in [0.05, 0.1) is 22.8 Å². The number of hydrogen-bond acceptors (Lipinski definition) is 5. The van der Waals surface area contributed by atoms with Crippen LogP contribution >= 0.6 is 0 Å². The molecule has 0 N–H and O–H groups in total. The zero-order chi connectivity index (χ0) is 25.0. The Balaban J connectivity index is 0.000000145. The average Bonchev–Trinajstić information content (AvgIpc) is 3.27. The van der Waals surface area contributed by atoms with E-state index in [4.69, 9.17) is 0 Å². The number of alkyl halides is 3. The molecule has 4 atom stereocenters. The summed E-state index contributed by atoms with van der Waals surface area (Å²) in [7, 11) is -2.71. The molecule has 2 aliphatic carbocycles. The topological polar surface area (TPSA) is 68.1 Å². The molecule has 4 aliphatic rings. The van der Waals surface area contributed by atoms with Crippen molar-refractivity contribution in [2.24, 2.45) is 17.3 Å². The van der Waals surface area contributed by atoms with Crippen molar-refractivity contribution in [3.63, 3.8) is 0 Å². The van der Waals surface area contributed by atoms with Gasteiger partial charge in [-0.25, -0.2) is 8.42 Å². The Bertz CT molecular complexity index is 1170. The van der Waals surface area contributed by atoms with Gasteiger partial charge in [0.15, 0.2) is 9.84 Å². The molecular formula is C25H33F3N4O2S. The number of halogens is 3. The zero-order valence-corrected chi connectivity index (χ0v) is 21.0. The third-order valence-electron chi connectivity index (χ3n) is 8.17. The van der Waals surface area contributed by atoms with Crippen molar-refractivity contribution in [1.82, 2.24) is 19.7 Å². The zero-order valence-electron chi connectivity index (χ0n) is 20.2. The van der Waals surface area contributed by atoms with Gasteiger partial charge in [-0.2, -0.15) is 18.3 Å². The van der Waals surface area contributed by atoms with Crippen molar-refractivity contribution in [3.05, 3.63) is 36.3 Å². The molecule has 2 aliphatic heterocycles. The summed E-state index contributed by atoms with van der Waals surface area (Å²) in [6.07, 6.45) is 5.85. The minimum Gasteiger partial charge on any atom is -0.300 e. The quantitative estimate of drug-likeness (QED) is 0.591. The normalized spacial score (nSPS) is 31.5. The van der Waals surface area contributed by atoms with Crippen LogP contribution in [0, 0.1) is 17.3 Å². The highest BCUT2D eigenvalue weighted by Gasteiger charge is 2.52. The Morgan fingerprint density at radius 2 is 1.86 bits per heavy atom. The van der Waals surface area contributed by atoms with Crippen LogP contribution in [0.15, 0.2) is 30.7 Å². The fourth-order valence-electron chi connectivity index (χ4n) is 6.08. The lowest BCUT2D eigenvalue weighted by molar-refractivity contribution is -0.137. The summed E-state index contributed by atoms with van der Waals surface area (Å²) in [6.45, 7) is 6.11. The Kier molecular flexibility index (Phi) is 6.27. The van der Waals surface area contributed by atoms with Gasteiger partial charge < -0.3 is 0 Å². The van der Waals surface area contributed by atoms with Crippen LogP contribution in [0.2, 0.25) is 0 Å². The van der Waals surface area contributed by atoms with E-state index in [1.807, 2.05) is 13.8 Å².